The summed E-state index contributed by atoms with van der Waals surface area (Å²) >= 11 is 0. The standard InChI is InChI=1S/C18H26N4O2/c1-12-6-8-14(9-7-12)22-13(2)10-16(21-22)20-17(24)19-11-15(23)18(3,4)5/h6-10,15,23H,11H2,1-5H3,(H2,19,20,21,24). The molecular weight excluding hydrogens is 304 g/mol. The third kappa shape index (κ3) is 4.58. The molecule has 0 spiro atoms. The number of urea groups is 1. The number of nitrogens with zero attached hydrogens (tertiary/aromatic N) is 2. The lowest BCUT2D eigenvalue weighted by atomic mass is 9.89. The number of benzene rings is 1. The number of carbonyl (C=O) groups is 1. The normalized spacial score (nSPS) is 12.8. The molecule has 1 unspecified atom stereocenters. The molecule has 0 radical (unpaired) electrons. The van der Waals surface area contributed by atoms with E-state index in [2.05, 4.69) is 15.7 Å². The van der Waals surface area contributed by atoms with Gasteiger partial charge in [0.15, 0.2) is 5.82 Å². The van der Waals surface area contributed by atoms with Crippen molar-refractivity contribution >= 4 is 11.8 Å². The van der Waals surface area contributed by atoms with Gasteiger partial charge in [0.2, 0.25) is 0 Å². The average molecular weight is 330 g/mol. The van der Waals surface area contributed by atoms with Crippen LogP contribution in [-0.4, -0.2) is 33.6 Å². The number of aryl methyl sites for hydroxylation is 2. The van der Waals surface area contributed by atoms with Gasteiger partial charge in [0, 0.05) is 18.3 Å². The van der Waals surface area contributed by atoms with E-state index < -0.39 is 6.10 Å². The highest BCUT2D eigenvalue weighted by molar-refractivity contribution is 5.88. The summed E-state index contributed by atoms with van der Waals surface area (Å²) in [5.41, 5.74) is 2.76. The first-order valence-corrected chi connectivity index (χ1v) is 8.03. The number of carbonyl (C=O) groups excluding carboxylic acids is 1. The smallest absolute Gasteiger partial charge is 0.320 e. The first-order valence-electron chi connectivity index (χ1n) is 8.03. The van der Waals surface area contributed by atoms with Crippen molar-refractivity contribution in [1.29, 1.82) is 0 Å². The van der Waals surface area contributed by atoms with Crippen molar-refractivity contribution in [3.8, 4) is 5.69 Å². The Hall–Kier alpha value is -2.34. The Balaban J connectivity index is 2.00. The molecule has 3 N–H and O–H groups in total. The molecule has 6 heteroatoms. The molecule has 6 nitrogen and oxygen atoms in total. The van der Waals surface area contributed by atoms with Crippen LogP contribution in [0.1, 0.15) is 32.0 Å². The quantitative estimate of drug-likeness (QED) is 0.806. The fourth-order valence-corrected chi connectivity index (χ4v) is 2.14. The van der Waals surface area contributed by atoms with Crippen molar-refractivity contribution in [3.63, 3.8) is 0 Å². The molecule has 24 heavy (non-hydrogen) atoms. The van der Waals surface area contributed by atoms with Gasteiger partial charge in [-0.15, -0.1) is 5.10 Å². The predicted octanol–water partition coefficient (Wildman–Crippen LogP) is 3.02. The van der Waals surface area contributed by atoms with Gasteiger partial charge in [-0.1, -0.05) is 38.5 Å². The fourth-order valence-electron chi connectivity index (χ4n) is 2.14. The third-order valence-electron chi connectivity index (χ3n) is 3.86. The average Bonchev–Trinajstić information content (AvgIpc) is 2.85. The molecule has 0 aliphatic carbocycles. The highest BCUT2D eigenvalue weighted by atomic mass is 16.3. The van der Waals surface area contributed by atoms with Gasteiger partial charge in [0.1, 0.15) is 0 Å². The molecule has 0 saturated carbocycles. The summed E-state index contributed by atoms with van der Waals surface area (Å²) in [5, 5.41) is 19.7. The number of aromatic nitrogens is 2. The largest absolute Gasteiger partial charge is 0.391 e. The number of hydrogen-bond donors (Lipinski definition) is 3. The molecule has 0 fully saturated rings. The van der Waals surface area contributed by atoms with Crippen LogP contribution in [0.3, 0.4) is 0 Å². The second-order valence-electron chi connectivity index (χ2n) is 7.14. The van der Waals surface area contributed by atoms with Crippen LogP contribution in [0.2, 0.25) is 0 Å². The number of nitrogens with one attached hydrogen (secondary N) is 2. The van der Waals surface area contributed by atoms with Gasteiger partial charge >= 0.3 is 6.03 Å². The number of hydrogen-bond acceptors (Lipinski definition) is 3. The third-order valence-corrected chi connectivity index (χ3v) is 3.86. The maximum Gasteiger partial charge on any atom is 0.320 e. The van der Waals surface area contributed by atoms with E-state index >= 15 is 0 Å². The molecule has 1 atom stereocenters. The first-order chi connectivity index (χ1) is 11.2. The van der Waals surface area contributed by atoms with Crippen molar-refractivity contribution in [1.82, 2.24) is 15.1 Å². The van der Waals surface area contributed by atoms with E-state index in [9.17, 15) is 9.90 Å². The second kappa shape index (κ2) is 7.05. The van der Waals surface area contributed by atoms with E-state index in [1.54, 1.807) is 10.7 Å². The van der Waals surface area contributed by atoms with Gasteiger partial charge in [0.05, 0.1) is 11.8 Å². The summed E-state index contributed by atoms with van der Waals surface area (Å²) in [6.07, 6.45) is -0.616. The Kier molecular flexibility index (Phi) is 5.29. The van der Waals surface area contributed by atoms with Crippen LogP contribution in [0, 0.1) is 19.3 Å². The number of rotatable bonds is 4. The summed E-state index contributed by atoms with van der Waals surface area (Å²) in [5.74, 6) is 0.468. The van der Waals surface area contributed by atoms with Gasteiger partial charge in [0.25, 0.3) is 0 Å². The highest BCUT2D eigenvalue weighted by Crippen LogP contribution is 2.18. The topological polar surface area (TPSA) is 79.2 Å². The Morgan fingerprint density at radius 1 is 1.25 bits per heavy atom. The first kappa shape index (κ1) is 18.0. The van der Waals surface area contributed by atoms with E-state index in [1.165, 1.54) is 5.56 Å². The molecule has 2 rings (SSSR count). The predicted molar refractivity (Wildman–Crippen MR) is 95.5 cm³/mol. The van der Waals surface area contributed by atoms with E-state index in [1.807, 2.05) is 58.9 Å². The van der Waals surface area contributed by atoms with Crippen molar-refractivity contribution in [2.75, 3.05) is 11.9 Å². The Bertz CT molecular complexity index is 699. The summed E-state index contributed by atoms with van der Waals surface area (Å²) in [6, 6.07) is 9.43. The Morgan fingerprint density at radius 2 is 1.88 bits per heavy atom. The molecule has 1 heterocycles. The van der Waals surface area contributed by atoms with E-state index in [0.717, 1.165) is 11.4 Å². The van der Waals surface area contributed by atoms with Crippen LogP contribution in [-0.2, 0) is 0 Å². The summed E-state index contributed by atoms with van der Waals surface area (Å²) in [4.78, 5) is 12.0. The van der Waals surface area contributed by atoms with Crippen molar-refractivity contribution in [2.24, 2.45) is 5.41 Å². The summed E-state index contributed by atoms with van der Waals surface area (Å²) in [7, 11) is 0. The minimum absolute atomic E-state index is 0.187. The molecule has 0 aliphatic rings. The lowest BCUT2D eigenvalue weighted by Gasteiger charge is -2.25. The van der Waals surface area contributed by atoms with Gasteiger partial charge in [-0.05, 0) is 31.4 Å². The minimum Gasteiger partial charge on any atom is -0.391 e. The van der Waals surface area contributed by atoms with Crippen LogP contribution in [0.4, 0.5) is 10.6 Å². The molecule has 1 aromatic carbocycles. The molecule has 0 aliphatic heterocycles. The SMILES string of the molecule is Cc1ccc(-n2nc(NC(=O)NCC(O)C(C)(C)C)cc2C)cc1. The molecule has 0 saturated heterocycles. The Morgan fingerprint density at radius 3 is 2.46 bits per heavy atom. The molecule has 1 aromatic heterocycles. The van der Waals surface area contributed by atoms with Gasteiger partial charge in [-0.3, -0.25) is 5.32 Å². The van der Waals surface area contributed by atoms with E-state index in [0.29, 0.717) is 5.82 Å². The fraction of sp³-hybridized carbons (Fsp3) is 0.444. The van der Waals surface area contributed by atoms with Gasteiger partial charge in [-0.2, -0.15) is 0 Å². The molecule has 130 valence electrons. The van der Waals surface area contributed by atoms with Crippen LogP contribution < -0.4 is 10.6 Å². The van der Waals surface area contributed by atoms with E-state index in [4.69, 9.17) is 0 Å². The van der Waals surface area contributed by atoms with Gasteiger partial charge in [-0.25, -0.2) is 9.48 Å². The second-order valence-corrected chi connectivity index (χ2v) is 7.14. The van der Waals surface area contributed by atoms with Crippen molar-refractivity contribution in [2.45, 2.75) is 40.7 Å². The Labute approximate surface area is 142 Å². The van der Waals surface area contributed by atoms with Crippen LogP contribution >= 0.6 is 0 Å². The monoisotopic (exact) mass is 330 g/mol. The number of amides is 2. The van der Waals surface area contributed by atoms with Gasteiger partial charge < -0.3 is 10.4 Å². The zero-order chi connectivity index (χ0) is 17.9. The van der Waals surface area contributed by atoms with Crippen LogP contribution in [0.25, 0.3) is 5.69 Å². The van der Waals surface area contributed by atoms with Crippen LogP contribution in [0.5, 0.6) is 0 Å². The van der Waals surface area contributed by atoms with Crippen LogP contribution in [0.15, 0.2) is 30.3 Å². The minimum atomic E-state index is -0.616. The zero-order valence-corrected chi connectivity index (χ0v) is 14.9. The highest BCUT2D eigenvalue weighted by Gasteiger charge is 2.22. The summed E-state index contributed by atoms with van der Waals surface area (Å²) in [6.45, 7) is 9.91. The van der Waals surface area contributed by atoms with Crippen molar-refractivity contribution in [3.05, 3.63) is 41.6 Å². The lowest BCUT2D eigenvalue weighted by Crippen LogP contribution is -2.40. The maximum absolute atomic E-state index is 12.0. The number of aliphatic hydroxyl groups is 1. The molecule has 2 aromatic rings. The number of anilines is 1. The number of aliphatic hydroxyl groups excluding tert-OH is 1. The van der Waals surface area contributed by atoms with E-state index in [-0.39, 0.29) is 18.0 Å². The van der Waals surface area contributed by atoms with Crippen molar-refractivity contribution < 1.29 is 9.90 Å². The maximum atomic E-state index is 12.0. The zero-order valence-electron chi connectivity index (χ0n) is 14.9. The summed E-state index contributed by atoms with van der Waals surface area (Å²) < 4.78 is 1.78. The molecular formula is C18H26N4O2. The lowest BCUT2D eigenvalue weighted by molar-refractivity contribution is 0.0654. The molecule has 0 bridgehead atoms. The molecule has 2 amide bonds.